The van der Waals surface area contributed by atoms with E-state index in [-0.39, 0.29) is 0 Å². The number of thiophene rings is 1. The van der Waals surface area contributed by atoms with Crippen LogP contribution in [0.25, 0.3) is 10.7 Å². The minimum absolute atomic E-state index is 0.551. The monoisotopic (exact) mass is 309 g/mol. The van der Waals surface area contributed by atoms with Crippen molar-refractivity contribution in [3.63, 3.8) is 0 Å². The number of rotatable bonds is 4. The molecule has 0 amide bonds. The second kappa shape index (κ2) is 5.73. The summed E-state index contributed by atoms with van der Waals surface area (Å²) in [5.74, 6) is 1.74. The van der Waals surface area contributed by atoms with Crippen molar-refractivity contribution in [2.75, 3.05) is 0 Å². The van der Waals surface area contributed by atoms with Crippen LogP contribution in [0.3, 0.4) is 0 Å². The summed E-state index contributed by atoms with van der Waals surface area (Å²) in [7, 11) is 0. The number of aromatic nitrogens is 3. The molecule has 3 heterocycles. The van der Waals surface area contributed by atoms with E-state index in [1.54, 1.807) is 23.6 Å². The maximum Gasteiger partial charge on any atom is 0.237 e. The maximum atomic E-state index is 6.03. The Bertz CT molecular complexity index is 669. The summed E-state index contributed by atoms with van der Waals surface area (Å²) in [6.45, 7) is 0. The van der Waals surface area contributed by atoms with E-state index < -0.39 is 0 Å². The highest BCUT2D eigenvalue weighted by atomic mass is 35.5. The van der Waals surface area contributed by atoms with Crippen molar-refractivity contribution in [2.45, 2.75) is 10.8 Å². The van der Waals surface area contributed by atoms with Gasteiger partial charge in [-0.15, -0.1) is 11.3 Å². The summed E-state index contributed by atoms with van der Waals surface area (Å²) in [4.78, 5) is 9.53. The van der Waals surface area contributed by atoms with Crippen LogP contribution in [0.5, 0.6) is 0 Å². The summed E-state index contributed by atoms with van der Waals surface area (Å²) in [6.07, 6.45) is 1.71. The maximum absolute atomic E-state index is 6.03. The lowest BCUT2D eigenvalue weighted by molar-refractivity contribution is 0.392. The average Bonchev–Trinajstić information content (AvgIpc) is 3.09. The lowest BCUT2D eigenvalue weighted by Gasteiger charge is -1.98. The largest absolute Gasteiger partial charge is 0.338 e. The van der Waals surface area contributed by atoms with Gasteiger partial charge in [-0.05, 0) is 23.6 Å². The van der Waals surface area contributed by atoms with Crippen LogP contribution >= 0.6 is 34.7 Å². The number of hydrogen-bond donors (Lipinski definition) is 0. The lowest BCUT2D eigenvalue weighted by Crippen LogP contribution is -1.84. The van der Waals surface area contributed by atoms with Crippen molar-refractivity contribution in [3.05, 3.63) is 46.8 Å². The smallest absolute Gasteiger partial charge is 0.237 e. The molecule has 0 aliphatic heterocycles. The summed E-state index contributed by atoms with van der Waals surface area (Å²) < 4.78 is 5.20. The molecule has 3 rings (SSSR count). The molecular weight excluding hydrogens is 302 g/mol. The minimum Gasteiger partial charge on any atom is -0.338 e. The van der Waals surface area contributed by atoms with Crippen LogP contribution in [0, 0.1) is 0 Å². The van der Waals surface area contributed by atoms with Gasteiger partial charge in [0.2, 0.25) is 11.7 Å². The Kier molecular flexibility index (Phi) is 3.82. The first-order chi connectivity index (χ1) is 9.33. The topological polar surface area (TPSA) is 51.8 Å². The number of pyridine rings is 1. The SMILES string of the molecule is Clc1cccnc1SCc1nc(-c2cccs2)no1. The first kappa shape index (κ1) is 12.7. The van der Waals surface area contributed by atoms with Crippen LogP contribution in [0.1, 0.15) is 5.89 Å². The van der Waals surface area contributed by atoms with Crippen molar-refractivity contribution < 1.29 is 4.52 Å². The first-order valence-electron chi connectivity index (χ1n) is 5.43. The normalized spacial score (nSPS) is 10.8. The van der Waals surface area contributed by atoms with Gasteiger partial charge in [0.05, 0.1) is 15.7 Å². The summed E-state index contributed by atoms with van der Waals surface area (Å²) in [6, 6.07) is 7.52. The van der Waals surface area contributed by atoms with Gasteiger partial charge in [0.15, 0.2) is 0 Å². The van der Waals surface area contributed by atoms with Crippen LogP contribution in [0.15, 0.2) is 45.4 Å². The van der Waals surface area contributed by atoms with Crippen LogP contribution in [0.4, 0.5) is 0 Å². The second-order valence-electron chi connectivity index (χ2n) is 3.57. The zero-order valence-electron chi connectivity index (χ0n) is 9.62. The molecule has 3 aromatic heterocycles. The van der Waals surface area contributed by atoms with Gasteiger partial charge in [0.1, 0.15) is 5.03 Å². The van der Waals surface area contributed by atoms with Crippen LogP contribution in [0.2, 0.25) is 5.02 Å². The van der Waals surface area contributed by atoms with Crippen LogP contribution in [-0.4, -0.2) is 15.1 Å². The minimum atomic E-state index is 0.551. The zero-order chi connectivity index (χ0) is 13.1. The molecule has 0 spiro atoms. The molecule has 0 atom stereocenters. The molecule has 0 N–H and O–H groups in total. The molecule has 0 aliphatic carbocycles. The summed E-state index contributed by atoms with van der Waals surface area (Å²) in [5.41, 5.74) is 0. The van der Waals surface area contributed by atoms with E-state index in [0.717, 1.165) is 9.90 Å². The quantitative estimate of drug-likeness (QED) is 0.678. The molecule has 3 aromatic rings. The van der Waals surface area contributed by atoms with E-state index in [1.807, 2.05) is 23.6 Å². The predicted molar refractivity (Wildman–Crippen MR) is 76.4 cm³/mol. The molecule has 0 aliphatic rings. The molecule has 0 radical (unpaired) electrons. The highest BCUT2D eigenvalue weighted by Gasteiger charge is 2.10. The molecule has 0 fully saturated rings. The van der Waals surface area contributed by atoms with Gasteiger partial charge in [-0.25, -0.2) is 4.98 Å². The Morgan fingerprint density at radius 2 is 2.26 bits per heavy atom. The fraction of sp³-hybridized carbons (Fsp3) is 0.0833. The summed E-state index contributed by atoms with van der Waals surface area (Å²) in [5, 5.41) is 7.32. The Labute approximate surface area is 122 Å². The standard InChI is InChI=1S/C12H8ClN3OS2/c13-8-3-1-5-14-12(8)19-7-10-15-11(16-17-10)9-4-2-6-18-9/h1-6H,7H2. The van der Waals surface area contributed by atoms with E-state index in [2.05, 4.69) is 15.1 Å². The number of thioether (sulfide) groups is 1. The summed E-state index contributed by atoms with van der Waals surface area (Å²) >= 11 is 9.08. The van der Waals surface area contributed by atoms with Crippen molar-refractivity contribution in [1.29, 1.82) is 0 Å². The third kappa shape index (κ3) is 2.97. The molecule has 4 nitrogen and oxygen atoms in total. The molecule has 19 heavy (non-hydrogen) atoms. The zero-order valence-corrected chi connectivity index (χ0v) is 12.0. The Hall–Kier alpha value is -1.37. The molecule has 0 unspecified atom stereocenters. The highest BCUT2D eigenvalue weighted by Crippen LogP contribution is 2.28. The van der Waals surface area contributed by atoms with E-state index in [9.17, 15) is 0 Å². The third-order valence-corrected chi connectivity index (χ3v) is 4.54. The van der Waals surface area contributed by atoms with Crippen LogP contribution in [-0.2, 0) is 5.75 Å². The lowest BCUT2D eigenvalue weighted by atomic mass is 10.4. The molecule has 0 bridgehead atoms. The molecular formula is C12H8ClN3OS2. The van der Waals surface area contributed by atoms with Gasteiger partial charge in [0, 0.05) is 6.20 Å². The van der Waals surface area contributed by atoms with Gasteiger partial charge >= 0.3 is 0 Å². The first-order valence-corrected chi connectivity index (χ1v) is 7.67. The van der Waals surface area contributed by atoms with E-state index in [0.29, 0.717) is 22.5 Å². The fourth-order valence-corrected chi connectivity index (χ4v) is 3.08. The molecule has 0 saturated carbocycles. The molecule has 0 saturated heterocycles. The van der Waals surface area contributed by atoms with Gasteiger partial charge in [-0.1, -0.05) is 34.6 Å². The van der Waals surface area contributed by atoms with Crippen molar-refractivity contribution in [3.8, 4) is 10.7 Å². The van der Waals surface area contributed by atoms with Crippen LogP contribution < -0.4 is 0 Å². The number of hydrogen-bond acceptors (Lipinski definition) is 6. The Morgan fingerprint density at radius 3 is 3.05 bits per heavy atom. The predicted octanol–water partition coefficient (Wildman–Crippen LogP) is 4.14. The Morgan fingerprint density at radius 1 is 1.32 bits per heavy atom. The third-order valence-electron chi connectivity index (χ3n) is 2.27. The molecule has 0 aromatic carbocycles. The molecule has 7 heteroatoms. The fourth-order valence-electron chi connectivity index (χ4n) is 1.43. The highest BCUT2D eigenvalue weighted by molar-refractivity contribution is 7.98. The van der Waals surface area contributed by atoms with Crippen molar-refractivity contribution >= 4 is 34.7 Å². The van der Waals surface area contributed by atoms with Gasteiger partial charge in [0.25, 0.3) is 0 Å². The van der Waals surface area contributed by atoms with Gasteiger partial charge in [-0.3, -0.25) is 0 Å². The number of nitrogens with zero attached hydrogens (tertiary/aromatic N) is 3. The van der Waals surface area contributed by atoms with Crippen molar-refractivity contribution in [1.82, 2.24) is 15.1 Å². The molecule has 96 valence electrons. The van der Waals surface area contributed by atoms with Gasteiger partial charge in [-0.2, -0.15) is 4.98 Å². The van der Waals surface area contributed by atoms with E-state index >= 15 is 0 Å². The Balaban J connectivity index is 1.70. The van der Waals surface area contributed by atoms with Gasteiger partial charge < -0.3 is 4.52 Å². The van der Waals surface area contributed by atoms with E-state index in [4.69, 9.17) is 16.1 Å². The van der Waals surface area contributed by atoms with Crippen molar-refractivity contribution in [2.24, 2.45) is 0 Å². The second-order valence-corrected chi connectivity index (χ2v) is 5.89. The van der Waals surface area contributed by atoms with E-state index in [1.165, 1.54) is 11.8 Å². The number of halogens is 1. The average molecular weight is 310 g/mol.